The second-order valence-corrected chi connectivity index (χ2v) is 7.30. The number of hydrogen-bond acceptors (Lipinski definition) is 7. The van der Waals surface area contributed by atoms with Crippen LogP contribution in [0.3, 0.4) is 0 Å². The molecule has 3 aliphatic heterocycles. The summed E-state index contributed by atoms with van der Waals surface area (Å²) in [4.78, 5) is 0. The molecule has 3 heterocycles. The van der Waals surface area contributed by atoms with E-state index < -0.39 is 0 Å². The predicted molar refractivity (Wildman–Crippen MR) is 103 cm³/mol. The van der Waals surface area contributed by atoms with Crippen LogP contribution in [0.2, 0.25) is 0 Å². The number of ether oxygens (including phenoxy) is 2. The number of rotatable bonds is 7. The second-order valence-electron chi connectivity index (χ2n) is 7.30. The highest BCUT2D eigenvalue weighted by molar-refractivity contribution is 5.85. The van der Waals surface area contributed by atoms with Gasteiger partial charge in [-0.25, -0.2) is 5.43 Å². The molecule has 5 N–H and O–H groups in total. The van der Waals surface area contributed by atoms with E-state index in [1.807, 2.05) is 6.07 Å². The van der Waals surface area contributed by atoms with Gasteiger partial charge in [0.15, 0.2) is 11.5 Å². The largest absolute Gasteiger partial charge is 0.454 e. The number of nitrogens with one attached hydrogen (secondary N) is 5. The maximum absolute atomic E-state index is 5.51. The van der Waals surface area contributed by atoms with Crippen LogP contribution in [0.25, 0.3) is 0 Å². The molecule has 7 nitrogen and oxygen atoms in total. The molecule has 0 bridgehead atoms. The van der Waals surface area contributed by atoms with Gasteiger partial charge in [0.2, 0.25) is 6.79 Å². The number of benzene rings is 1. The average Bonchev–Trinajstić information content (AvgIpc) is 3.35. The lowest BCUT2D eigenvalue weighted by atomic mass is 9.94. The van der Waals surface area contributed by atoms with Crippen LogP contribution in [0.4, 0.5) is 0 Å². The molecule has 4 rings (SSSR count). The number of hydrogen-bond donors (Lipinski definition) is 5. The van der Waals surface area contributed by atoms with Gasteiger partial charge in [-0.05, 0) is 49.9 Å². The van der Waals surface area contributed by atoms with Crippen molar-refractivity contribution in [2.75, 3.05) is 33.0 Å². The lowest BCUT2D eigenvalue weighted by Crippen LogP contribution is -2.30. The molecule has 0 saturated carbocycles. The van der Waals surface area contributed by atoms with E-state index >= 15 is 0 Å². The Morgan fingerprint density at radius 1 is 1.08 bits per heavy atom. The SMILES string of the molecule is CC1NNCC1CCCNCC1CNNC1c1ccc2c(c1)OCO2.Cl. The summed E-state index contributed by atoms with van der Waals surface area (Å²) in [6, 6.07) is 7.12. The highest BCUT2D eigenvalue weighted by atomic mass is 35.5. The van der Waals surface area contributed by atoms with E-state index in [9.17, 15) is 0 Å². The second kappa shape index (κ2) is 9.21. The Balaban J connectivity index is 0.00000196. The molecule has 0 radical (unpaired) electrons. The Kier molecular flexibility index (Phi) is 6.97. The quantitative estimate of drug-likeness (QED) is 0.451. The fourth-order valence-electron chi connectivity index (χ4n) is 3.96. The lowest BCUT2D eigenvalue weighted by molar-refractivity contribution is 0.174. The Morgan fingerprint density at radius 2 is 1.88 bits per heavy atom. The van der Waals surface area contributed by atoms with E-state index in [2.05, 4.69) is 46.1 Å². The summed E-state index contributed by atoms with van der Waals surface area (Å²) in [6.07, 6.45) is 2.49. The molecule has 4 atom stereocenters. The van der Waals surface area contributed by atoms with E-state index in [-0.39, 0.29) is 12.4 Å². The first-order valence-corrected chi connectivity index (χ1v) is 9.38. The van der Waals surface area contributed by atoms with E-state index in [1.54, 1.807) is 0 Å². The average molecular weight is 384 g/mol. The van der Waals surface area contributed by atoms with Crippen LogP contribution in [0.1, 0.15) is 31.4 Å². The summed E-state index contributed by atoms with van der Waals surface area (Å²) in [5.41, 5.74) is 14.5. The zero-order valence-corrected chi connectivity index (χ0v) is 16.0. The molecule has 0 aromatic heterocycles. The van der Waals surface area contributed by atoms with Crippen molar-refractivity contribution in [3.05, 3.63) is 23.8 Å². The Bertz CT molecular complexity index is 591. The minimum Gasteiger partial charge on any atom is -0.454 e. The molecule has 0 aliphatic carbocycles. The molecule has 146 valence electrons. The molecule has 8 heteroatoms. The lowest BCUT2D eigenvalue weighted by Gasteiger charge is -2.20. The standard InChI is InChI=1S/C18H29N5O2.ClH/c1-12-14(9-20-22-12)3-2-6-19-8-15-10-21-23-18(15)13-4-5-16-17(7-13)25-11-24-16;/h4-5,7,12,14-15,18-23H,2-3,6,8-11H2,1H3;1H. The highest BCUT2D eigenvalue weighted by Gasteiger charge is 2.29. The van der Waals surface area contributed by atoms with Crippen molar-refractivity contribution in [3.8, 4) is 11.5 Å². The maximum atomic E-state index is 5.51. The van der Waals surface area contributed by atoms with Crippen LogP contribution in [0.15, 0.2) is 18.2 Å². The van der Waals surface area contributed by atoms with Gasteiger partial charge in [-0.1, -0.05) is 6.07 Å². The van der Waals surface area contributed by atoms with Gasteiger partial charge in [0.25, 0.3) is 0 Å². The minimum atomic E-state index is 0. The van der Waals surface area contributed by atoms with E-state index in [0.717, 1.165) is 43.6 Å². The summed E-state index contributed by atoms with van der Waals surface area (Å²) in [5, 5.41) is 3.64. The molecule has 3 aliphatic rings. The summed E-state index contributed by atoms with van der Waals surface area (Å²) in [5.74, 6) is 2.97. The smallest absolute Gasteiger partial charge is 0.231 e. The van der Waals surface area contributed by atoms with Gasteiger partial charge < -0.3 is 14.8 Å². The van der Waals surface area contributed by atoms with E-state index in [4.69, 9.17) is 9.47 Å². The van der Waals surface area contributed by atoms with Crippen molar-refractivity contribution < 1.29 is 9.47 Å². The molecule has 4 unspecified atom stereocenters. The fraction of sp³-hybridized carbons (Fsp3) is 0.667. The maximum Gasteiger partial charge on any atom is 0.231 e. The van der Waals surface area contributed by atoms with Crippen molar-refractivity contribution in [1.29, 1.82) is 0 Å². The van der Waals surface area contributed by atoms with Gasteiger partial charge in [-0.2, -0.15) is 0 Å². The van der Waals surface area contributed by atoms with Gasteiger partial charge in [0.05, 0.1) is 6.04 Å². The van der Waals surface area contributed by atoms with Gasteiger partial charge >= 0.3 is 0 Å². The van der Waals surface area contributed by atoms with Crippen molar-refractivity contribution in [1.82, 2.24) is 27.0 Å². The Hall–Kier alpha value is -1.09. The van der Waals surface area contributed by atoms with Crippen LogP contribution in [0, 0.1) is 11.8 Å². The van der Waals surface area contributed by atoms with Crippen LogP contribution < -0.4 is 36.5 Å². The first-order chi connectivity index (χ1) is 12.3. The third kappa shape index (κ3) is 4.42. The number of fused-ring (bicyclic) bond motifs is 1. The summed E-state index contributed by atoms with van der Waals surface area (Å²) in [6.45, 7) is 6.72. The van der Waals surface area contributed by atoms with Crippen molar-refractivity contribution in [2.24, 2.45) is 11.8 Å². The van der Waals surface area contributed by atoms with Gasteiger partial charge in [0, 0.05) is 31.6 Å². The van der Waals surface area contributed by atoms with Crippen LogP contribution in [0.5, 0.6) is 11.5 Å². The summed E-state index contributed by atoms with van der Waals surface area (Å²) < 4.78 is 10.9. The molecular formula is C18H30ClN5O2. The van der Waals surface area contributed by atoms with Gasteiger partial charge in [0.1, 0.15) is 0 Å². The van der Waals surface area contributed by atoms with E-state index in [0.29, 0.717) is 24.8 Å². The highest BCUT2D eigenvalue weighted by Crippen LogP contribution is 2.36. The fourth-order valence-corrected chi connectivity index (χ4v) is 3.96. The minimum absolute atomic E-state index is 0. The Labute approximate surface area is 161 Å². The first kappa shape index (κ1) is 19.7. The molecule has 1 aromatic carbocycles. The summed E-state index contributed by atoms with van der Waals surface area (Å²) in [7, 11) is 0. The van der Waals surface area contributed by atoms with Gasteiger partial charge in [-0.3, -0.25) is 16.3 Å². The molecule has 2 fully saturated rings. The van der Waals surface area contributed by atoms with Crippen molar-refractivity contribution in [2.45, 2.75) is 31.8 Å². The van der Waals surface area contributed by atoms with Crippen LogP contribution >= 0.6 is 12.4 Å². The molecule has 0 spiro atoms. The van der Waals surface area contributed by atoms with Gasteiger partial charge in [-0.15, -0.1) is 12.4 Å². The molecule has 0 amide bonds. The molecule has 1 aromatic rings. The topological polar surface area (TPSA) is 78.6 Å². The molecular weight excluding hydrogens is 354 g/mol. The first-order valence-electron chi connectivity index (χ1n) is 9.38. The number of halogens is 1. The van der Waals surface area contributed by atoms with Crippen LogP contribution in [-0.2, 0) is 0 Å². The third-order valence-corrected chi connectivity index (χ3v) is 5.59. The summed E-state index contributed by atoms with van der Waals surface area (Å²) >= 11 is 0. The molecule has 26 heavy (non-hydrogen) atoms. The van der Waals surface area contributed by atoms with Crippen LogP contribution in [-0.4, -0.2) is 39.0 Å². The number of hydrazine groups is 2. The Morgan fingerprint density at radius 3 is 2.73 bits per heavy atom. The normalized spacial score (nSPS) is 29.7. The van der Waals surface area contributed by atoms with Crippen molar-refractivity contribution >= 4 is 12.4 Å². The monoisotopic (exact) mass is 383 g/mol. The third-order valence-electron chi connectivity index (χ3n) is 5.59. The zero-order valence-electron chi connectivity index (χ0n) is 15.2. The predicted octanol–water partition coefficient (Wildman–Crippen LogP) is 1.08. The van der Waals surface area contributed by atoms with E-state index in [1.165, 1.54) is 18.4 Å². The zero-order chi connectivity index (χ0) is 17.1. The molecule has 2 saturated heterocycles. The van der Waals surface area contributed by atoms with Crippen molar-refractivity contribution in [3.63, 3.8) is 0 Å².